The summed E-state index contributed by atoms with van der Waals surface area (Å²) in [5, 5.41) is 0. The van der Waals surface area contributed by atoms with Crippen molar-refractivity contribution in [1.82, 2.24) is 4.90 Å². The molecule has 3 nitrogen and oxygen atoms in total. The summed E-state index contributed by atoms with van der Waals surface area (Å²) in [5.41, 5.74) is 1.38. The third kappa shape index (κ3) is 3.24. The largest absolute Gasteiger partial charge is 0.497 e. The summed E-state index contributed by atoms with van der Waals surface area (Å²) < 4.78 is 10.4. The van der Waals surface area contributed by atoms with Crippen LogP contribution >= 0.6 is 0 Å². The first-order chi connectivity index (χ1) is 8.85. The molecule has 0 amide bonds. The molecule has 0 radical (unpaired) electrons. The molecule has 0 aromatic heterocycles. The molecule has 1 aliphatic heterocycles. The van der Waals surface area contributed by atoms with Gasteiger partial charge in [0.15, 0.2) is 0 Å². The summed E-state index contributed by atoms with van der Waals surface area (Å²) in [6.45, 7) is 3.17. The normalized spacial score (nSPS) is 20.2. The van der Waals surface area contributed by atoms with E-state index in [1.54, 1.807) is 14.2 Å². The van der Waals surface area contributed by atoms with Gasteiger partial charge in [-0.3, -0.25) is 4.90 Å². The molecular formula is C15H23NO2. The van der Waals surface area contributed by atoms with Gasteiger partial charge in [-0.1, -0.05) is 12.1 Å². The van der Waals surface area contributed by atoms with Gasteiger partial charge >= 0.3 is 0 Å². The van der Waals surface area contributed by atoms with E-state index >= 15 is 0 Å². The van der Waals surface area contributed by atoms with E-state index in [0.29, 0.717) is 6.04 Å². The van der Waals surface area contributed by atoms with E-state index in [9.17, 15) is 0 Å². The Morgan fingerprint density at radius 3 is 3.00 bits per heavy atom. The Bertz CT molecular complexity index is 367. The summed E-state index contributed by atoms with van der Waals surface area (Å²) in [6.07, 6.45) is 3.64. The predicted molar refractivity (Wildman–Crippen MR) is 73.0 cm³/mol. The third-order valence-electron chi connectivity index (χ3n) is 3.64. The Morgan fingerprint density at radius 1 is 1.33 bits per heavy atom. The number of hydrogen-bond donors (Lipinski definition) is 0. The van der Waals surface area contributed by atoms with E-state index in [1.807, 2.05) is 6.07 Å². The van der Waals surface area contributed by atoms with Gasteiger partial charge < -0.3 is 9.47 Å². The van der Waals surface area contributed by atoms with Crippen molar-refractivity contribution in [2.24, 2.45) is 0 Å². The van der Waals surface area contributed by atoms with Gasteiger partial charge in [0.1, 0.15) is 5.75 Å². The van der Waals surface area contributed by atoms with Gasteiger partial charge in [0.2, 0.25) is 0 Å². The highest BCUT2D eigenvalue weighted by atomic mass is 16.5. The molecule has 1 aromatic carbocycles. The van der Waals surface area contributed by atoms with Crippen LogP contribution in [-0.4, -0.2) is 38.8 Å². The van der Waals surface area contributed by atoms with Crippen LogP contribution in [0.5, 0.6) is 5.75 Å². The molecule has 1 saturated heterocycles. The van der Waals surface area contributed by atoms with E-state index in [1.165, 1.54) is 24.9 Å². The molecule has 2 rings (SSSR count). The molecule has 1 heterocycles. The van der Waals surface area contributed by atoms with Crippen LogP contribution in [0.3, 0.4) is 0 Å². The van der Waals surface area contributed by atoms with Crippen molar-refractivity contribution in [2.45, 2.75) is 25.3 Å². The molecule has 100 valence electrons. The Kier molecular flexibility index (Phi) is 5.02. The Balaban J connectivity index is 2.01. The standard InChI is InChI=1S/C15H23NO2/c1-17-11-5-10-16-9-4-8-15(16)13-6-3-7-14(12-13)18-2/h3,6-7,12,15H,4-5,8-11H2,1-2H3. The molecule has 1 aromatic rings. The number of methoxy groups -OCH3 is 2. The van der Waals surface area contributed by atoms with Gasteiger partial charge in [0, 0.05) is 26.3 Å². The number of likely N-dealkylation sites (tertiary alicyclic amines) is 1. The molecule has 0 aliphatic carbocycles. The lowest BCUT2D eigenvalue weighted by Gasteiger charge is -2.25. The summed E-state index contributed by atoms with van der Waals surface area (Å²) in [4.78, 5) is 2.56. The van der Waals surface area contributed by atoms with Gasteiger partial charge in [-0.25, -0.2) is 0 Å². The van der Waals surface area contributed by atoms with Crippen LogP contribution in [0.25, 0.3) is 0 Å². The second kappa shape index (κ2) is 6.76. The predicted octanol–water partition coefficient (Wildman–Crippen LogP) is 2.87. The van der Waals surface area contributed by atoms with Crippen molar-refractivity contribution in [3.05, 3.63) is 29.8 Å². The van der Waals surface area contributed by atoms with E-state index < -0.39 is 0 Å². The van der Waals surface area contributed by atoms with Crippen molar-refractivity contribution in [2.75, 3.05) is 33.9 Å². The lowest BCUT2D eigenvalue weighted by molar-refractivity contribution is 0.167. The van der Waals surface area contributed by atoms with Gasteiger partial charge in [-0.05, 0) is 43.5 Å². The molecule has 1 atom stereocenters. The maximum absolute atomic E-state index is 5.31. The fraction of sp³-hybridized carbons (Fsp3) is 0.600. The van der Waals surface area contributed by atoms with E-state index in [-0.39, 0.29) is 0 Å². The van der Waals surface area contributed by atoms with Crippen molar-refractivity contribution in [3.8, 4) is 5.75 Å². The molecule has 0 spiro atoms. The van der Waals surface area contributed by atoms with Gasteiger partial charge in [0.05, 0.1) is 7.11 Å². The summed E-state index contributed by atoms with van der Waals surface area (Å²) in [6, 6.07) is 9.02. The first-order valence-corrected chi connectivity index (χ1v) is 6.72. The molecule has 1 unspecified atom stereocenters. The smallest absolute Gasteiger partial charge is 0.119 e. The lowest BCUT2D eigenvalue weighted by Crippen LogP contribution is -2.25. The van der Waals surface area contributed by atoms with Crippen molar-refractivity contribution >= 4 is 0 Å². The first kappa shape index (κ1) is 13.4. The molecule has 0 N–H and O–H groups in total. The average Bonchev–Trinajstić information content (AvgIpc) is 2.87. The highest BCUT2D eigenvalue weighted by Crippen LogP contribution is 2.33. The van der Waals surface area contributed by atoms with Crippen molar-refractivity contribution in [3.63, 3.8) is 0 Å². The summed E-state index contributed by atoms with van der Waals surface area (Å²) >= 11 is 0. The number of ether oxygens (including phenoxy) is 2. The Hall–Kier alpha value is -1.06. The molecule has 1 fully saturated rings. The van der Waals surface area contributed by atoms with Crippen LogP contribution in [0.2, 0.25) is 0 Å². The first-order valence-electron chi connectivity index (χ1n) is 6.72. The molecule has 1 aliphatic rings. The number of benzene rings is 1. The summed E-state index contributed by atoms with van der Waals surface area (Å²) in [5.74, 6) is 0.955. The zero-order valence-corrected chi connectivity index (χ0v) is 11.4. The SMILES string of the molecule is COCCCN1CCCC1c1cccc(OC)c1. The molecular weight excluding hydrogens is 226 g/mol. The third-order valence-corrected chi connectivity index (χ3v) is 3.64. The molecule has 0 saturated carbocycles. The number of rotatable bonds is 6. The highest BCUT2D eigenvalue weighted by molar-refractivity contribution is 5.31. The maximum atomic E-state index is 5.31. The lowest BCUT2D eigenvalue weighted by atomic mass is 10.0. The minimum absolute atomic E-state index is 0.553. The van der Waals surface area contributed by atoms with Crippen molar-refractivity contribution in [1.29, 1.82) is 0 Å². The van der Waals surface area contributed by atoms with Crippen LogP contribution in [0.1, 0.15) is 30.9 Å². The highest BCUT2D eigenvalue weighted by Gasteiger charge is 2.25. The molecule has 18 heavy (non-hydrogen) atoms. The zero-order valence-electron chi connectivity index (χ0n) is 11.4. The van der Waals surface area contributed by atoms with Crippen LogP contribution in [0, 0.1) is 0 Å². The zero-order chi connectivity index (χ0) is 12.8. The van der Waals surface area contributed by atoms with Crippen LogP contribution in [0.4, 0.5) is 0 Å². The monoisotopic (exact) mass is 249 g/mol. The Morgan fingerprint density at radius 2 is 2.22 bits per heavy atom. The van der Waals surface area contributed by atoms with E-state index in [2.05, 4.69) is 23.1 Å². The topological polar surface area (TPSA) is 21.7 Å². The number of nitrogens with zero attached hydrogens (tertiary/aromatic N) is 1. The molecule has 3 heteroatoms. The summed E-state index contributed by atoms with van der Waals surface area (Å²) in [7, 11) is 3.49. The van der Waals surface area contributed by atoms with Crippen LogP contribution in [0.15, 0.2) is 24.3 Å². The van der Waals surface area contributed by atoms with Gasteiger partial charge in [-0.2, -0.15) is 0 Å². The van der Waals surface area contributed by atoms with Crippen LogP contribution in [-0.2, 0) is 4.74 Å². The minimum atomic E-state index is 0.553. The van der Waals surface area contributed by atoms with Gasteiger partial charge in [0.25, 0.3) is 0 Å². The average molecular weight is 249 g/mol. The van der Waals surface area contributed by atoms with E-state index in [0.717, 1.165) is 25.3 Å². The number of hydrogen-bond acceptors (Lipinski definition) is 3. The minimum Gasteiger partial charge on any atom is -0.497 e. The Labute approximate surface area is 110 Å². The molecule has 0 bridgehead atoms. The van der Waals surface area contributed by atoms with Gasteiger partial charge in [-0.15, -0.1) is 0 Å². The quantitative estimate of drug-likeness (QED) is 0.724. The fourth-order valence-corrected chi connectivity index (χ4v) is 2.73. The second-order valence-electron chi connectivity index (χ2n) is 4.82. The maximum Gasteiger partial charge on any atom is 0.119 e. The van der Waals surface area contributed by atoms with E-state index in [4.69, 9.17) is 9.47 Å². The van der Waals surface area contributed by atoms with Crippen LogP contribution < -0.4 is 4.74 Å². The second-order valence-corrected chi connectivity index (χ2v) is 4.82. The van der Waals surface area contributed by atoms with Crippen molar-refractivity contribution < 1.29 is 9.47 Å². The fourth-order valence-electron chi connectivity index (χ4n) is 2.73.